The quantitative estimate of drug-likeness (QED) is 0.545. The van der Waals surface area contributed by atoms with E-state index in [2.05, 4.69) is 32.3 Å². The highest BCUT2D eigenvalue weighted by molar-refractivity contribution is 7.14. The second kappa shape index (κ2) is 11.9. The van der Waals surface area contributed by atoms with Crippen molar-refractivity contribution in [1.82, 2.24) is 15.2 Å². The summed E-state index contributed by atoms with van der Waals surface area (Å²) in [4.78, 5) is 35.0. The van der Waals surface area contributed by atoms with E-state index in [1.165, 1.54) is 11.3 Å². The molecule has 2 saturated heterocycles. The lowest BCUT2D eigenvalue weighted by atomic mass is 10.1. The third-order valence-corrected chi connectivity index (χ3v) is 7.22. The number of carbonyl (C=O) groups excluding carboxylic acids is 2. The first-order chi connectivity index (χ1) is 17.0. The van der Waals surface area contributed by atoms with Gasteiger partial charge in [0.05, 0.1) is 30.1 Å². The van der Waals surface area contributed by atoms with Gasteiger partial charge in [0, 0.05) is 51.8 Å². The van der Waals surface area contributed by atoms with Crippen molar-refractivity contribution in [2.45, 2.75) is 45.4 Å². The lowest BCUT2D eigenvalue weighted by Gasteiger charge is -2.31. The number of morpholine rings is 1. The number of thiazole rings is 1. The van der Waals surface area contributed by atoms with Gasteiger partial charge in [-0.25, -0.2) is 4.98 Å². The lowest BCUT2D eigenvalue weighted by molar-refractivity contribution is -0.0212. The van der Waals surface area contributed by atoms with E-state index in [0.29, 0.717) is 30.1 Å². The molecule has 3 heterocycles. The molecule has 2 aliphatic heterocycles. The molecule has 2 N–H and O–H groups in total. The zero-order chi connectivity index (χ0) is 24.8. The van der Waals surface area contributed by atoms with E-state index in [9.17, 15) is 9.59 Å². The van der Waals surface area contributed by atoms with E-state index in [1.54, 1.807) is 12.5 Å². The number of anilines is 2. The highest BCUT2D eigenvalue weighted by Crippen LogP contribution is 2.26. The molecule has 2 aliphatic rings. The van der Waals surface area contributed by atoms with Gasteiger partial charge in [-0.3, -0.25) is 14.5 Å². The van der Waals surface area contributed by atoms with Crippen LogP contribution in [0, 0.1) is 0 Å². The van der Waals surface area contributed by atoms with Crippen molar-refractivity contribution < 1.29 is 19.1 Å². The Balaban J connectivity index is 1.48. The number of benzene rings is 1. The minimum Gasteiger partial charge on any atom is -0.380 e. The van der Waals surface area contributed by atoms with E-state index in [0.717, 1.165) is 56.3 Å². The predicted molar refractivity (Wildman–Crippen MR) is 137 cm³/mol. The third-order valence-electron chi connectivity index (χ3n) is 6.32. The van der Waals surface area contributed by atoms with Gasteiger partial charge in [-0.15, -0.1) is 11.3 Å². The smallest absolute Gasteiger partial charge is 0.275 e. The molecule has 2 atom stereocenters. The Morgan fingerprint density at radius 2 is 2.11 bits per heavy atom. The van der Waals surface area contributed by atoms with Crippen molar-refractivity contribution in [2.24, 2.45) is 0 Å². The number of nitrogens with one attached hydrogen (secondary N) is 2. The van der Waals surface area contributed by atoms with Gasteiger partial charge in [-0.05, 0) is 37.5 Å². The molecule has 0 bridgehead atoms. The van der Waals surface area contributed by atoms with Crippen LogP contribution in [0.5, 0.6) is 0 Å². The zero-order valence-electron chi connectivity index (χ0n) is 20.7. The van der Waals surface area contributed by atoms with Gasteiger partial charge in [-0.1, -0.05) is 13.0 Å². The van der Waals surface area contributed by atoms with Crippen LogP contribution in [0.2, 0.25) is 0 Å². The average Bonchev–Trinajstić information content (AvgIpc) is 3.53. The molecule has 35 heavy (non-hydrogen) atoms. The molecule has 1 aromatic carbocycles. The first kappa shape index (κ1) is 25.6. The number of nitrogens with zero attached hydrogens (tertiary/aromatic N) is 3. The molecule has 190 valence electrons. The van der Waals surface area contributed by atoms with Crippen LogP contribution in [0.3, 0.4) is 0 Å². The summed E-state index contributed by atoms with van der Waals surface area (Å²) in [5, 5.41) is 8.42. The molecule has 0 aliphatic carbocycles. The Bertz CT molecular complexity index is 1030. The highest BCUT2D eigenvalue weighted by atomic mass is 32.1. The van der Waals surface area contributed by atoms with E-state index in [4.69, 9.17) is 9.47 Å². The maximum absolute atomic E-state index is 13.0. The number of hydrogen-bond donors (Lipinski definition) is 2. The molecule has 2 fully saturated rings. The Morgan fingerprint density at radius 3 is 2.86 bits per heavy atom. The van der Waals surface area contributed by atoms with Crippen molar-refractivity contribution in [3.63, 3.8) is 0 Å². The van der Waals surface area contributed by atoms with Crippen LogP contribution in [0.4, 0.5) is 10.8 Å². The predicted octanol–water partition coefficient (Wildman–Crippen LogP) is 2.98. The second-order valence-corrected chi connectivity index (χ2v) is 9.95. The fourth-order valence-corrected chi connectivity index (χ4v) is 5.25. The topological polar surface area (TPSA) is 96.0 Å². The van der Waals surface area contributed by atoms with E-state index in [1.807, 2.05) is 25.1 Å². The Hall–Kier alpha value is -2.53. The lowest BCUT2D eigenvalue weighted by Crippen LogP contribution is -2.40. The molecule has 9 nitrogen and oxygen atoms in total. The van der Waals surface area contributed by atoms with Crippen molar-refractivity contribution in [3.05, 3.63) is 40.4 Å². The number of carbonyl (C=O) groups is 2. The SMILES string of the molecule is CCCNC(=O)c1cc(CN2CCO[C@H](C)C2)ccc1NC(=O)c1csc(N2CC[C@H](OC)C2)n1. The van der Waals surface area contributed by atoms with Crippen molar-refractivity contribution in [3.8, 4) is 0 Å². The van der Waals surface area contributed by atoms with E-state index >= 15 is 0 Å². The van der Waals surface area contributed by atoms with Crippen LogP contribution in [0.25, 0.3) is 0 Å². The molecule has 2 aromatic rings. The van der Waals surface area contributed by atoms with Gasteiger partial charge >= 0.3 is 0 Å². The normalized spacial score (nSPS) is 20.7. The summed E-state index contributed by atoms with van der Waals surface area (Å²) in [5.41, 5.74) is 2.31. The monoisotopic (exact) mass is 501 g/mol. The first-order valence-corrected chi connectivity index (χ1v) is 13.1. The molecular weight excluding hydrogens is 466 g/mol. The van der Waals surface area contributed by atoms with Gasteiger partial charge in [-0.2, -0.15) is 0 Å². The van der Waals surface area contributed by atoms with Gasteiger partial charge in [0.15, 0.2) is 5.13 Å². The minimum atomic E-state index is -0.325. The molecule has 2 amide bonds. The molecule has 0 unspecified atom stereocenters. The third kappa shape index (κ3) is 6.58. The zero-order valence-corrected chi connectivity index (χ0v) is 21.5. The number of rotatable bonds is 9. The standard InChI is InChI=1S/C25H35N5O4S/c1-4-8-26-23(31)20-12-18(14-29-10-11-34-17(2)13-29)5-6-21(20)27-24(32)22-16-35-25(28-22)30-9-7-19(15-30)33-3/h5-6,12,16-17,19H,4,7-11,13-15H2,1-3H3,(H,26,31)(H,27,32)/t17-,19+/m1/s1. The van der Waals surface area contributed by atoms with Crippen LogP contribution in [-0.4, -0.2) is 80.3 Å². The fraction of sp³-hybridized carbons (Fsp3) is 0.560. The van der Waals surface area contributed by atoms with E-state index in [-0.39, 0.29) is 24.0 Å². The summed E-state index contributed by atoms with van der Waals surface area (Å²) < 4.78 is 11.1. The highest BCUT2D eigenvalue weighted by Gasteiger charge is 2.25. The molecule has 10 heteroatoms. The average molecular weight is 502 g/mol. The number of hydrogen-bond acceptors (Lipinski definition) is 8. The summed E-state index contributed by atoms with van der Waals surface area (Å²) in [7, 11) is 1.72. The maximum atomic E-state index is 13.0. The van der Waals surface area contributed by atoms with Crippen molar-refractivity contribution in [1.29, 1.82) is 0 Å². The largest absolute Gasteiger partial charge is 0.380 e. The van der Waals surface area contributed by atoms with Gasteiger partial charge < -0.3 is 25.0 Å². The Kier molecular flexibility index (Phi) is 8.72. The molecule has 4 rings (SSSR count). The van der Waals surface area contributed by atoms with E-state index < -0.39 is 0 Å². The van der Waals surface area contributed by atoms with Crippen molar-refractivity contribution >= 4 is 34.0 Å². The van der Waals surface area contributed by atoms with Crippen LogP contribution in [0.1, 0.15) is 53.1 Å². The molecule has 0 radical (unpaired) electrons. The summed E-state index contributed by atoms with van der Waals surface area (Å²) in [6.07, 6.45) is 2.17. The molecule has 1 aromatic heterocycles. The van der Waals surface area contributed by atoms with Gasteiger partial charge in [0.1, 0.15) is 5.69 Å². The minimum absolute atomic E-state index is 0.193. The van der Waals surface area contributed by atoms with Crippen LogP contribution < -0.4 is 15.5 Å². The fourth-order valence-electron chi connectivity index (χ4n) is 4.41. The Morgan fingerprint density at radius 1 is 1.26 bits per heavy atom. The molecule has 0 spiro atoms. The second-order valence-electron chi connectivity index (χ2n) is 9.11. The summed E-state index contributed by atoms with van der Waals surface area (Å²) in [5.74, 6) is -0.518. The first-order valence-electron chi connectivity index (χ1n) is 12.3. The Labute approximate surface area is 210 Å². The van der Waals surface area contributed by atoms with Gasteiger partial charge in [0.25, 0.3) is 11.8 Å². The molecular formula is C25H35N5O4S. The van der Waals surface area contributed by atoms with Crippen LogP contribution in [0.15, 0.2) is 23.6 Å². The molecule has 0 saturated carbocycles. The number of methoxy groups -OCH3 is 1. The summed E-state index contributed by atoms with van der Waals surface area (Å²) in [6.45, 7) is 9.42. The van der Waals surface area contributed by atoms with Gasteiger partial charge in [0.2, 0.25) is 0 Å². The van der Waals surface area contributed by atoms with Crippen LogP contribution >= 0.6 is 11.3 Å². The number of amides is 2. The number of ether oxygens (including phenoxy) is 2. The summed E-state index contributed by atoms with van der Waals surface area (Å²) >= 11 is 1.45. The maximum Gasteiger partial charge on any atom is 0.275 e. The van der Waals surface area contributed by atoms with Crippen molar-refractivity contribution in [2.75, 3.05) is 56.7 Å². The summed E-state index contributed by atoms with van der Waals surface area (Å²) in [6, 6.07) is 5.66. The number of aromatic nitrogens is 1. The van der Waals surface area contributed by atoms with Crippen LogP contribution in [-0.2, 0) is 16.0 Å².